The molecule has 0 fully saturated rings. The predicted molar refractivity (Wildman–Crippen MR) is 90.1 cm³/mol. The van der Waals surface area contributed by atoms with Gasteiger partial charge in [-0.2, -0.15) is 0 Å². The number of hydrogen-bond donors (Lipinski definition) is 2. The van der Waals surface area contributed by atoms with Gasteiger partial charge in [0.05, 0.1) is 4.92 Å². The van der Waals surface area contributed by atoms with Crippen molar-refractivity contribution in [3.8, 4) is 5.75 Å². The van der Waals surface area contributed by atoms with Crippen molar-refractivity contribution in [2.24, 2.45) is 0 Å². The molecule has 2 aromatic rings. The Morgan fingerprint density at radius 2 is 1.87 bits per heavy atom. The maximum Gasteiger partial charge on any atom is 0.269 e. The molecule has 0 radical (unpaired) electrons. The number of hydrogen-bond acceptors (Lipinski definition) is 4. The van der Waals surface area contributed by atoms with Crippen LogP contribution in [0.4, 0.5) is 5.69 Å². The van der Waals surface area contributed by atoms with Crippen molar-refractivity contribution in [1.82, 2.24) is 10.6 Å². The molecule has 2 N–H and O–H groups in total. The van der Waals surface area contributed by atoms with E-state index in [-0.39, 0.29) is 18.0 Å². The summed E-state index contributed by atoms with van der Waals surface area (Å²) in [6.07, 6.45) is 0.826. The quantitative estimate of drug-likeness (QED) is 0.477. The molecule has 0 aliphatic rings. The highest BCUT2D eigenvalue weighted by molar-refractivity contribution is 7.80. The van der Waals surface area contributed by atoms with Crippen LogP contribution in [-0.2, 0) is 13.0 Å². The molecule has 0 aliphatic carbocycles. The van der Waals surface area contributed by atoms with Gasteiger partial charge in [-0.1, -0.05) is 36.4 Å². The van der Waals surface area contributed by atoms with E-state index in [1.807, 2.05) is 30.3 Å². The number of non-ortho nitro benzene ring substituents is 1. The Kier molecular flexibility index (Phi) is 5.87. The lowest BCUT2D eigenvalue weighted by atomic mass is 10.1. The topological polar surface area (TPSA) is 90.3 Å². The maximum absolute atomic E-state index is 11.7. The second kappa shape index (κ2) is 8.09. The second-order valence-corrected chi connectivity index (χ2v) is 5.30. The fourth-order valence-corrected chi connectivity index (χ4v) is 2.19. The van der Waals surface area contributed by atoms with Crippen molar-refractivity contribution >= 4 is 23.0 Å². The van der Waals surface area contributed by atoms with Gasteiger partial charge in [-0.15, -0.1) is 5.75 Å². The smallest absolute Gasteiger partial charge is 0.269 e. The third kappa shape index (κ3) is 5.23. The summed E-state index contributed by atoms with van der Waals surface area (Å²) in [6.45, 7) is 0.812. The van der Waals surface area contributed by atoms with Gasteiger partial charge in [-0.3, -0.25) is 10.1 Å². The monoisotopic (exact) mass is 330 g/mol. The van der Waals surface area contributed by atoms with Crippen LogP contribution in [0.3, 0.4) is 0 Å². The molecule has 0 saturated heterocycles. The van der Waals surface area contributed by atoms with Crippen LogP contribution in [0.2, 0.25) is 0 Å². The third-order valence-corrected chi connectivity index (χ3v) is 3.53. The van der Waals surface area contributed by atoms with E-state index in [1.165, 1.54) is 23.8 Å². The Labute approximate surface area is 139 Å². The summed E-state index contributed by atoms with van der Waals surface area (Å²) in [7, 11) is 0. The highest BCUT2D eigenvalue weighted by atomic mass is 32.1. The molecule has 6 nitrogen and oxygen atoms in total. The maximum atomic E-state index is 11.7. The zero-order valence-electron chi connectivity index (χ0n) is 12.3. The molecule has 0 aliphatic heterocycles. The summed E-state index contributed by atoms with van der Waals surface area (Å²) in [4.78, 5) is 10.2. The number of nitro groups is 1. The molecule has 0 heterocycles. The number of rotatable bonds is 6. The van der Waals surface area contributed by atoms with Gasteiger partial charge in [0, 0.05) is 25.2 Å². The van der Waals surface area contributed by atoms with Crippen LogP contribution in [0.5, 0.6) is 5.75 Å². The highest BCUT2D eigenvalue weighted by Crippen LogP contribution is 2.20. The second-order valence-electron chi connectivity index (χ2n) is 4.89. The number of nitro benzene ring substituents is 1. The summed E-state index contributed by atoms with van der Waals surface area (Å²) in [5.41, 5.74) is 1.40. The fourth-order valence-electron chi connectivity index (χ4n) is 2.02. The zero-order chi connectivity index (χ0) is 16.7. The molecule has 0 amide bonds. The van der Waals surface area contributed by atoms with E-state index >= 15 is 0 Å². The fraction of sp³-hybridized carbons (Fsp3) is 0.188. The molecule has 0 aromatic heterocycles. The zero-order valence-corrected chi connectivity index (χ0v) is 13.1. The van der Waals surface area contributed by atoms with Gasteiger partial charge in [-0.05, 0) is 29.8 Å². The summed E-state index contributed by atoms with van der Waals surface area (Å²) in [5, 5.41) is 28.7. The van der Waals surface area contributed by atoms with Crippen LogP contribution in [0.1, 0.15) is 11.1 Å². The van der Waals surface area contributed by atoms with Crippen LogP contribution < -0.4 is 15.7 Å². The first-order valence-electron chi connectivity index (χ1n) is 7.06. The summed E-state index contributed by atoms with van der Waals surface area (Å²) in [6, 6.07) is 13.6. The van der Waals surface area contributed by atoms with Gasteiger partial charge in [0.25, 0.3) is 5.69 Å². The van der Waals surface area contributed by atoms with Crippen LogP contribution in [-0.4, -0.2) is 16.6 Å². The lowest BCUT2D eigenvalue weighted by Crippen LogP contribution is -2.36. The lowest BCUT2D eigenvalue weighted by Gasteiger charge is -2.15. The summed E-state index contributed by atoms with van der Waals surface area (Å²) >= 11 is 5.14. The molecule has 2 aromatic carbocycles. The molecular formula is C16H16N3O3S-. The Morgan fingerprint density at radius 1 is 1.13 bits per heavy atom. The normalized spacial score (nSPS) is 10.1. The Balaban J connectivity index is 1.80. The lowest BCUT2D eigenvalue weighted by molar-refractivity contribution is -0.385. The molecule has 120 valence electrons. The largest absolute Gasteiger partial charge is 0.872 e. The van der Waals surface area contributed by atoms with E-state index in [4.69, 9.17) is 12.2 Å². The number of nitrogens with one attached hydrogen (secondary N) is 2. The third-order valence-electron chi connectivity index (χ3n) is 3.24. The van der Waals surface area contributed by atoms with Gasteiger partial charge in [0.1, 0.15) is 0 Å². The minimum absolute atomic E-state index is 0.107. The van der Waals surface area contributed by atoms with E-state index in [0.29, 0.717) is 17.2 Å². The van der Waals surface area contributed by atoms with Crippen molar-refractivity contribution in [2.75, 3.05) is 6.54 Å². The highest BCUT2D eigenvalue weighted by Gasteiger charge is 2.07. The Morgan fingerprint density at radius 3 is 2.57 bits per heavy atom. The van der Waals surface area contributed by atoms with Gasteiger partial charge >= 0.3 is 0 Å². The first kappa shape index (κ1) is 16.7. The van der Waals surface area contributed by atoms with E-state index in [0.717, 1.165) is 6.42 Å². The molecule has 0 saturated carbocycles. The molecule has 0 spiro atoms. The minimum atomic E-state index is -0.528. The standard InChI is InChI=1S/C16H17N3O3S/c20-15-7-6-14(19(21)22)10-13(15)11-18-16(23)17-9-8-12-4-2-1-3-5-12/h1-7,10,20H,8-9,11H2,(H2,17,18,23)/p-1. The molecule has 0 atom stereocenters. The minimum Gasteiger partial charge on any atom is -0.872 e. The Hall–Kier alpha value is -2.67. The SMILES string of the molecule is O=[N+]([O-])c1ccc([O-])c(CNC(=S)NCCc2ccccc2)c1. The van der Waals surface area contributed by atoms with Crippen molar-refractivity contribution < 1.29 is 10.0 Å². The number of benzene rings is 2. The molecular weight excluding hydrogens is 314 g/mol. The van der Waals surface area contributed by atoms with E-state index in [2.05, 4.69) is 10.6 Å². The van der Waals surface area contributed by atoms with Crippen molar-refractivity contribution in [2.45, 2.75) is 13.0 Å². The molecule has 2 rings (SSSR count). The van der Waals surface area contributed by atoms with E-state index < -0.39 is 4.92 Å². The van der Waals surface area contributed by atoms with E-state index in [9.17, 15) is 15.2 Å². The molecule has 0 bridgehead atoms. The first-order valence-corrected chi connectivity index (χ1v) is 7.47. The van der Waals surface area contributed by atoms with Crippen molar-refractivity contribution in [3.05, 3.63) is 69.8 Å². The molecule has 23 heavy (non-hydrogen) atoms. The van der Waals surface area contributed by atoms with Gasteiger partial charge in [-0.25, -0.2) is 0 Å². The predicted octanol–water partition coefficient (Wildman–Crippen LogP) is 1.88. The summed E-state index contributed by atoms with van der Waals surface area (Å²) < 4.78 is 0. The van der Waals surface area contributed by atoms with Crippen LogP contribution in [0.25, 0.3) is 0 Å². The van der Waals surface area contributed by atoms with E-state index in [1.54, 1.807) is 0 Å². The van der Waals surface area contributed by atoms with Crippen LogP contribution in [0, 0.1) is 10.1 Å². The van der Waals surface area contributed by atoms with Gasteiger partial charge in [0.15, 0.2) is 5.11 Å². The average molecular weight is 330 g/mol. The van der Waals surface area contributed by atoms with Crippen molar-refractivity contribution in [3.63, 3.8) is 0 Å². The summed E-state index contributed by atoms with van der Waals surface area (Å²) in [5.74, 6) is -0.254. The Bertz CT molecular complexity index is 692. The van der Waals surface area contributed by atoms with Crippen LogP contribution >= 0.6 is 12.2 Å². The molecule has 7 heteroatoms. The van der Waals surface area contributed by atoms with Crippen LogP contribution in [0.15, 0.2) is 48.5 Å². The number of nitrogens with zero attached hydrogens (tertiary/aromatic N) is 1. The average Bonchev–Trinajstić information content (AvgIpc) is 2.55. The first-order chi connectivity index (χ1) is 11.1. The number of thiocarbonyl (C=S) groups is 1. The molecule has 0 unspecified atom stereocenters. The van der Waals surface area contributed by atoms with Gasteiger partial charge in [0.2, 0.25) is 0 Å². The van der Waals surface area contributed by atoms with Crippen molar-refractivity contribution in [1.29, 1.82) is 0 Å². The van der Waals surface area contributed by atoms with Gasteiger partial charge < -0.3 is 15.7 Å².